The van der Waals surface area contributed by atoms with Crippen molar-refractivity contribution in [2.75, 3.05) is 20.8 Å². The molecule has 8 nitrogen and oxygen atoms in total. The molecule has 0 saturated heterocycles. The molecule has 1 unspecified atom stereocenters. The van der Waals surface area contributed by atoms with Crippen LogP contribution in [0.25, 0.3) is 6.08 Å². The van der Waals surface area contributed by atoms with E-state index in [1.165, 1.54) is 29.1 Å². The van der Waals surface area contributed by atoms with E-state index >= 15 is 0 Å². The number of carbonyl (C=O) groups is 1. The molecule has 0 bridgehead atoms. The smallest absolute Gasteiger partial charge is 0.338 e. The van der Waals surface area contributed by atoms with Crippen LogP contribution < -0.4 is 24.4 Å². The van der Waals surface area contributed by atoms with Crippen LogP contribution in [0.15, 0.2) is 63.5 Å². The molecule has 0 radical (unpaired) electrons. The van der Waals surface area contributed by atoms with Gasteiger partial charge in [-0.1, -0.05) is 29.5 Å². The second-order valence-corrected chi connectivity index (χ2v) is 8.52. The third kappa shape index (κ3) is 4.22. The maximum absolute atomic E-state index is 13.6. The highest BCUT2D eigenvalue weighted by molar-refractivity contribution is 7.07. The minimum Gasteiger partial charge on any atom is -0.504 e. The molecule has 0 spiro atoms. The lowest BCUT2D eigenvalue weighted by atomic mass is 9.95. The third-order valence-electron chi connectivity index (χ3n) is 5.45. The van der Waals surface area contributed by atoms with Gasteiger partial charge in [-0.2, -0.15) is 0 Å². The molecule has 2 aromatic carbocycles. The van der Waals surface area contributed by atoms with E-state index in [-0.39, 0.29) is 29.2 Å². The van der Waals surface area contributed by atoms with E-state index in [2.05, 4.69) is 4.99 Å². The monoisotopic (exact) mass is 480 g/mol. The van der Waals surface area contributed by atoms with Crippen LogP contribution in [-0.2, 0) is 9.53 Å². The van der Waals surface area contributed by atoms with Crippen molar-refractivity contribution in [3.63, 3.8) is 0 Å². The van der Waals surface area contributed by atoms with Crippen LogP contribution in [0, 0.1) is 0 Å². The van der Waals surface area contributed by atoms with Crippen LogP contribution in [0.4, 0.5) is 0 Å². The highest BCUT2D eigenvalue weighted by Crippen LogP contribution is 2.35. The number of esters is 1. The van der Waals surface area contributed by atoms with Gasteiger partial charge in [-0.05, 0) is 55.3 Å². The Bertz CT molecular complexity index is 1450. The van der Waals surface area contributed by atoms with E-state index < -0.39 is 12.0 Å². The topological polar surface area (TPSA) is 99.4 Å². The summed E-state index contributed by atoms with van der Waals surface area (Å²) in [5.74, 6) is 0.354. The largest absolute Gasteiger partial charge is 0.504 e. The number of ether oxygens (including phenoxy) is 3. The zero-order valence-electron chi connectivity index (χ0n) is 19.2. The molecule has 3 aromatic rings. The Morgan fingerprint density at radius 1 is 1.18 bits per heavy atom. The van der Waals surface area contributed by atoms with Crippen LogP contribution in [0.5, 0.6) is 17.2 Å². The lowest BCUT2D eigenvalue weighted by Gasteiger charge is -2.25. The Hall–Kier alpha value is -3.85. The van der Waals surface area contributed by atoms with Crippen molar-refractivity contribution >= 4 is 23.4 Å². The first-order valence-electron chi connectivity index (χ1n) is 10.6. The molecule has 0 saturated carbocycles. The molecule has 1 aromatic heterocycles. The molecule has 0 aliphatic carbocycles. The summed E-state index contributed by atoms with van der Waals surface area (Å²) in [6.45, 7) is 3.62. The summed E-state index contributed by atoms with van der Waals surface area (Å²) in [6.07, 6.45) is 1.78. The minimum atomic E-state index is -0.789. The normalized spacial score (nSPS) is 15.5. The highest BCUT2D eigenvalue weighted by atomic mass is 32.1. The van der Waals surface area contributed by atoms with Gasteiger partial charge in [-0.3, -0.25) is 9.36 Å². The number of aromatic nitrogens is 1. The number of phenolic OH excluding ortho intramolecular Hbond substituents is 1. The zero-order valence-corrected chi connectivity index (χ0v) is 20.0. The predicted octanol–water partition coefficient (Wildman–Crippen LogP) is 2.52. The average molecular weight is 481 g/mol. The maximum Gasteiger partial charge on any atom is 0.338 e. The standard InChI is InChI=1S/C25H24N2O6S/c1-5-33-24(30)21-14(2)26-25-27(22(21)16-8-11-18(28)19(13-16)32-4)23(29)20(34-25)12-15-6-9-17(31-3)10-7-15/h6-13,22,28H,5H2,1-4H3/b20-12+. The predicted molar refractivity (Wildman–Crippen MR) is 128 cm³/mol. The van der Waals surface area contributed by atoms with E-state index in [4.69, 9.17) is 14.2 Å². The Morgan fingerprint density at radius 2 is 1.91 bits per heavy atom. The quantitative estimate of drug-likeness (QED) is 0.545. The van der Waals surface area contributed by atoms with Gasteiger partial charge in [0.15, 0.2) is 16.3 Å². The summed E-state index contributed by atoms with van der Waals surface area (Å²) in [7, 11) is 3.03. The maximum atomic E-state index is 13.6. The molecule has 1 aliphatic rings. The molecule has 9 heteroatoms. The molecule has 1 N–H and O–H groups in total. The first-order valence-corrected chi connectivity index (χ1v) is 11.4. The molecular weight excluding hydrogens is 456 g/mol. The number of allylic oxidation sites excluding steroid dienone is 1. The minimum absolute atomic E-state index is 0.0449. The van der Waals surface area contributed by atoms with Gasteiger partial charge in [0.1, 0.15) is 5.75 Å². The average Bonchev–Trinajstić information content (AvgIpc) is 3.13. The fourth-order valence-electron chi connectivity index (χ4n) is 3.82. The molecule has 1 atom stereocenters. The first kappa shape index (κ1) is 23.3. The molecule has 34 heavy (non-hydrogen) atoms. The van der Waals surface area contributed by atoms with Gasteiger partial charge >= 0.3 is 5.97 Å². The lowest BCUT2D eigenvalue weighted by Crippen LogP contribution is -2.39. The van der Waals surface area contributed by atoms with E-state index in [9.17, 15) is 14.7 Å². The number of aromatic hydroxyl groups is 1. The Balaban J connectivity index is 1.94. The number of nitrogens with zero attached hydrogens (tertiary/aromatic N) is 2. The van der Waals surface area contributed by atoms with Crippen LogP contribution >= 0.6 is 11.3 Å². The Labute approximate surface area is 199 Å². The van der Waals surface area contributed by atoms with Crippen LogP contribution in [0.3, 0.4) is 0 Å². The fraction of sp³-hybridized carbons (Fsp3) is 0.240. The van der Waals surface area contributed by atoms with Gasteiger partial charge in [-0.15, -0.1) is 0 Å². The number of phenols is 1. The first-order chi connectivity index (χ1) is 16.4. The molecule has 2 heterocycles. The van der Waals surface area contributed by atoms with Crippen LogP contribution in [0.2, 0.25) is 0 Å². The summed E-state index contributed by atoms with van der Waals surface area (Å²) in [5, 5.41) is 10.1. The molecular formula is C25H24N2O6S. The van der Waals surface area contributed by atoms with Crippen molar-refractivity contribution in [3.8, 4) is 17.2 Å². The Kier molecular flexibility index (Phi) is 6.56. The molecule has 1 aliphatic heterocycles. The zero-order chi connectivity index (χ0) is 24.4. The van der Waals surface area contributed by atoms with Crippen molar-refractivity contribution in [2.45, 2.75) is 19.9 Å². The van der Waals surface area contributed by atoms with Gasteiger partial charge in [0.25, 0.3) is 5.56 Å². The molecule has 0 fully saturated rings. The van der Waals surface area contributed by atoms with E-state index in [0.29, 0.717) is 20.6 Å². The number of fused-ring (bicyclic) bond motifs is 1. The number of benzene rings is 2. The summed E-state index contributed by atoms with van der Waals surface area (Å²) in [6, 6.07) is 11.3. The van der Waals surface area contributed by atoms with Crippen molar-refractivity contribution in [3.05, 3.63) is 84.5 Å². The molecule has 0 amide bonds. The molecule has 4 rings (SSSR count). The van der Waals surface area contributed by atoms with Crippen LogP contribution in [0.1, 0.15) is 31.0 Å². The van der Waals surface area contributed by atoms with E-state index in [1.54, 1.807) is 39.2 Å². The fourth-order valence-corrected chi connectivity index (χ4v) is 4.87. The lowest BCUT2D eigenvalue weighted by molar-refractivity contribution is -0.139. The number of thiazole rings is 1. The van der Waals surface area contributed by atoms with Crippen LogP contribution in [-0.4, -0.2) is 36.5 Å². The number of hydrogen-bond acceptors (Lipinski definition) is 8. The van der Waals surface area contributed by atoms with Crippen molar-refractivity contribution in [1.82, 2.24) is 4.57 Å². The van der Waals surface area contributed by atoms with Crippen molar-refractivity contribution < 1.29 is 24.1 Å². The van der Waals surface area contributed by atoms with Gasteiger partial charge in [-0.25, -0.2) is 9.79 Å². The second-order valence-electron chi connectivity index (χ2n) is 7.51. The van der Waals surface area contributed by atoms with E-state index in [0.717, 1.165) is 11.3 Å². The van der Waals surface area contributed by atoms with Gasteiger partial charge in [0.05, 0.1) is 42.7 Å². The summed E-state index contributed by atoms with van der Waals surface area (Å²) in [5.41, 5.74) is 1.86. The van der Waals surface area contributed by atoms with Crippen molar-refractivity contribution in [1.29, 1.82) is 0 Å². The summed E-state index contributed by atoms with van der Waals surface area (Å²) >= 11 is 1.24. The Morgan fingerprint density at radius 3 is 2.56 bits per heavy atom. The molecule has 176 valence electrons. The summed E-state index contributed by atoms with van der Waals surface area (Å²) in [4.78, 5) is 31.5. The number of methoxy groups -OCH3 is 2. The van der Waals surface area contributed by atoms with E-state index in [1.807, 2.05) is 24.3 Å². The second kappa shape index (κ2) is 9.56. The van der Waals surface area contributed by atoms with Gasteiger partial charge in [0, 0.05) is 0 Å². The number of rotatable bonds is 6. The SMILES string of the molecule is CCOC(=O)C1=C(C)N=c2s/c(=C/c3ccc(OC)cc3)c(=O)n2C1c1ccc(O)c(OC)c1. The van der Waals surface area contributed by atoms with Gasteiger partial charge in [0.2, 0.25) is 0 Å². The number of hydrogen-bond donors (Lipinski definition) is 1. The highest BCUT2D eigenvalue weighted by Gasteiger charge is 2.33. The summed E-state index contributed by atoms with van der Waals surface area (Å²) < 4.78 is 17.7. The third-order valence-corrected chi connectivity index (χ3v) is 6.43. The van der Waals surface area contributed by atoms with Gasteiger partial charge < -0.3 is 19.3 Å². The number of carbonyl (C=O) groups excluding carboxylic acids is 1. The van der Waals surface area contributed by atoms with Crippen molar-refractivity contribution in [2.24, 2.45) is 4.99 Å².